The summed E-state index contributed by atoms with van der Waals surface area (Å²) in [6.45, 7) is 3.59. The first-order chi connectivity index (χ1) is 11.5. The summed E-state index contributed by atoms with van der Waals surface area (Å²) in [5.74, 6) is 2.54. The van der Waals surface area contributed by atoms with Crippen LogP contribution in [0.2, 0.25) is 0 Å². The summed E-state index contributed by atoms with van der Waals surface area (Å²) in [7, 11) is 0. The van der Waals surface area contributed by atoms with Crippen molar-refractivity contribution in [1.29, 1.82) is 0 Å². The number of hydrogen-bond donors (Lipinski definition) is 3. The third kappa shape index (κ3) is 4.51. The summed E-state index contributed by atoms with van der Waals surface area (Å²) in [5, 5.41) is 30.6. The maximum atomic E-state index is 10.6. The number of terminal acetylenes is 1. The minimum absolute atomic E-state index is 0.206. The van der Waals surface area contributed by atoms with Crippen molar-refractivity contribution in [3.8, 4) is 12.3 Å². The first kappa shape index (κ1) is 19.3. The van der Waals surface area contributed by atoms with Gasteiger partial charge in [0.1, 0.15) is 36.0 Å². The van der Waals surface area contributed by atoms with Crippen LogP contribution in [0.5, 0.6) is 0 Å². The van der Waals surface area contributed by atoms with Crippen LogP contribution >= 0.6 is 11.8 Å². The van der Waals surface area contributed by atoms with Crippen LogP contribution in [0.1, 0.15) is 25.5 Å². The average molecular weight is 352 g/mol. The fraction of sp³-hybridized carbons (Fsp3) is 0.556. The first-order valence-corrected chi connectivity index (χ1v) is 8.86. The van der Waals surface area contributed by atoms with Crippen molar-refractivity contribution in [1.82, 2.24) is 0 Å². The fourth-order valence-corrected chi connectivity index (χ4v) is 3.65. The molecule has 3 N–H and O–H groups in total. The van der Waals surface area contributed by atoms with Gasteiger partial charge in [-0.3, -0.25) is 0 Å². The highest BCUT2D eigenvalue weighted by Crippen LogP contribution is 2.34. The molecule has 1 heterocycles. The van der Waals surface area contributed by atoms with Gasteiger partial charge in [-0.05, 0) is 5.56 Å². The smallest absolute Gasteiger partial charge is 0.143 e. The normalized spacial score (nSPS) is 31.6. The third-order valence-electron chi connectivity index (χ3n) is 3.78. The van der Waals surface area contributed by atoms with Gasteiger partial charge in [-0.25, -0.2) is 0 Å². The van der Waals surface area contributed by atoms with Gasteiger partial charge in [0.25, 0.3) is 0 Å². The van der Waals surface area contributed by atoms with Crippen LogP contribution in [0, 0.1) is 12.3 Å². The third-order valence-corrected chi connectivity index (χ3v) is 4.98. The van der Waals surface area contributed by atoms with Gasteiger partial charge in [0.15, 0.2) is 0 Å². The van der Waals surface area contributed by atoms with E-state index in [9.17, 15) is 15.3 Å². The number of thioether (sulfide) groups is 1. The maximum absolute atomic E-state index is 10.6. The van der Waals surface area contributed by atoms with Crippen molar-refractivity contribution in [2.75, 3.05) is 6.61 Å². The Balaban J connectivity index is 2.19. The van der Waals surface area contributed by atoms with E-state index in [1.807, 2.05) is 44.2 Å². The molecule has 0 radical (unpaired) electrons. The highest BCUT2D eigenvalue weighted by molar-refractivity contribution is 8.00. The summed E-state index contributed by atoms with van der Waals surface area (Å²) in [4.78, 5) is 0. The van der Waals surface area contributed by atoms with Crippen LogP contribution in [0.15, 0.2) is 30.3 Å². The van der Waals surface area contributed by atoms with Gasteiger partial charge in [-0.15, -0.1) is 18.2 Å². The lowest BCUT2D eigenvalue weighted by Crippen LogP contribution is -2.59. The van der Waals surface area contributed by atoms with Crippen LogP contribution < -0.4 is 0 Å². The number of hydrogen-bond acceptors (Lipinski definition) is 6. The van der Waals surface area contributed by atoms with Gasteiger partial charge in [0, 0.05) is 5.25 Å². The molecular formula is C18H24O5S. The zero-order chi connectivity index (χ0) is 17.7. The predicted molar refractivity (Wildman–Crippen MR) is 93.4 cm³/mol. The van der Waals surface area contributed by atoms with E-state index in [0.717, 1.165) is 5.56 Å². The second-order valence-electron chi connectivity index (χ2n) is 5.95. The van der Waals surface area contributed by atoms with E-state index in [1.165, 1.54) is 11.8 Å². The highest BCUT2D eigenvalue weighted by Gasteiger charge is 2.46. The quantitative estimate of drug-likeness (QED) is 0.671. The van der Waals surface area contributed by atoms with Gasteiger partial charge >= 0.3 is 0 Å². The molecule has 1 saturated heterocycles. The Morgan fingerprint density at radius 1 is 1.25 bits per heavy atom. The monoisotopic (exact) mass is 352 g/mol. The SMILES string of the molecule is C#CC(O[C@H]1[C@@H](O)[C@@H](CO)O[C@@H](SC(C)C)[C@@H]1O)c1ccccc1. The molecule has 6 atom stereocenters. The standard InChI is InChI=1S/C18H24O5S/c1-4-13(12-8-6-5-7-9-12)22-17-15(20)14(10-19)23-18(16(17)21)24-11(2)3/h1,5-9,11,13-21H,10H2,2-3H3/t13?,14-,15+,16-,17+,18+/m1/s1. The molecule has 1 aliphatic heterocycles. The molecule has 0 aromatic heterocycles. The average Bonchev–Trinajstić information content (AvgIpc) is 2.58. The Kier molecular flexibility index (Phi) is 7.11. The number of ether oxygens (including phenoxy) is 2. The first-order valence-electron chi connectivity index (χ1n) is 7.92. The van der Waals surface area contributed by atoms with Crippen LogP contribution in [0.3, 0.4) is 0 Å². The van der Waals surface area contributed by atoms with E-state index in [2.05, 4.69) is 5.92 Å². The predicted octanol–water partition coefficient (Wildman–Crippen LogP) is 1.33. The largest absolute Gasteiger partial charge is 0.394 e. The van der Waals surface area contributed by atoms with Crippen molar-refractivity contribution in [2.45, 2.75) is 55.1 Å². The lowest BCUT2D eigenvalue weighted by molar-refractivity contribution is -0.227. The van der Waals surface area contributed by atoms with Crippen molar-refractivity contribution in [2.24, 2.45) is 0 Å². The molecule has 0 spiro atoms. The zero-order valence-corrected chi connectivity index (χ0v) is 14.6. The Morgan fingerprint density at radius 2 is 1.92 bits per heavy atom. The van der Waals surface area contributed by atoms with Crippen molar-refractivity contribution in [3.63, 3.8) is 0 Å². The van der Waals surface area contributed by atoms with Gasteiger partial charge in [-0.1, -0.05) is 50.1 Å². The number of aliphatic hydroxyl groups excluding tert-OH is 3. The molecule has 0 bridgehead atoms. The molecule has 0 amide bonds. The summed E-state index contributed by atoms with van der Waals surface area (Å²) in [6, 6.07) is 9.20. The van der Waals surface area contributed by atoms with Crippen LogP contribution in [0.25, 0.3) is 0 Å². The Labute approximate surface area is 147 Å². The molecule has 2 rings (SSSR count). The van der Waals surface area contributed by atoms with E-state index in [1.54, 1.807) is 0 Å². The number of benzene rings is 1. The Hall–Kier alpha value is -1.07. The molecule has 1 unspecified atom stereocenters. The zero-order valence-electron chi connectivity index (χ0n) is 13.8. The lowest BCUT2D eigenvalue weighted by atomic mass is 9.99. The van der Waals surface area contributed by atoms with E-state index in [-0.39, 0.29) is 11.9 Å². The second-order valence-corrected chi connectivity index (χ2v) is 7.63. The summed E-state index contributed by atoms with van der Waals surface area (Å²) in [6.07, 6.45) is 0.852. The molecule has 6 heteroatoms. The van der Waals surface area contributed by atoms with Gasteiger partial charge in [-0.2, -0.15) is 0 Å². The summed E-state index contributed by atoms with van der Waals surface area (Å²) in [5.41, 5.74) is 0.157. The molecular weight excluding hydrogens is 328 g/mol. The van der Waals surface area contributed by atoms with E-state index >= 15 is 0 Å². The molecule has 24 heavy (non-hydrogen) atoms. The molecule has 0 saturated carbocycles. The number of aliphatic hydroxyl groups is 3. The minimum atomic E-state index is -1.17. The number of rotatable bonds is 6. The second kappa shape index (κ2) is 8.86. The van der Waals surface area contributed by atoms with E-state index in [0.29, 0.717) is 0 Å². The van der Waals surface area contributed by atoms with E-state index in [4.69, 9.17) is 15.9 Å². The molecule has 1 aromatic rings. The van der Waals surface area contributed by atoms with Crippen LogP contribution in [-0.4, -0.2) is 57.0 Å². The van der Waals surface area contributed by atoms with Gasteiger partial charge < -0.3 is 24.8 Å². The molecule has 5 nitrogen and oxygen atoms in total. The minimum Gasteiger partial charge on any atom is -0.394 e. The molecule has 1 aliphatic rings. The van der Waals surface area contributed by atoms with E-state index < -0.39 is 36.0 Å². The maximum Gasteiger partial charge on any atom is 0.143 e. The molecule has 132 valence electrons. The van der Waals surface area contributed by atoms with Crippen LogP contribution in [-0.2, 0) is 9.47 Å². The molecule has 0 aliphatic carbocycles. The topological polar surface area (TPSA) is 79.2 Å². The molecule has 1 fully saturated rings. The Bertz CT molecular complexity index is 544. The van der Waals surface area contributed by atoms with Crippen molar-refractivity contribution in [3.05, 3.63) is 35.9 Å². The van der Waals surface area contributed by atoms with Gasteiger partial charge in [0.05, 0.1) is 6.61 Å². The molecule has 1 aromatic carbocycles. The van der Waals surface area contributed by atoms with Gasteiger partial charge in [0.2, 0.25) is 0 Å². The summed E-state index contributed by atoms with van der Waals surface area (Å²) < 4.78 is 11.5. The van der Waals surface area contributed by atoms with Crippen molar-refractivity contribution < 1.29 is 24.8 Å². The summed E-state index contributed by atoms with van der Waals surface area (Å²) >= 11 is 1.41. The fourth-order valence-electron chi connectivity index (χ4n) is 2.59. The van der Waals surface area contributed by atoms with Crippen molar-refractivity contribution >= 4 is 11.8 Å². The lowest BCUT2D eigenvalue weighted by Gasteiger charge is -2.43. The Morgan fingerprint density at radius 3 is 2.46 bits per heavy atom. The van der Waals surface area contributed by atoms with Crippen LogP contribution in [0.4, 0.5) is 0 Å². The highest BCUT2D eigenvalue weighted by atomic mass is 32.2.